The fourth-order valence-electron chi connectivity index (χ4n) is 3.45. The fraction of sp³-hybridized carbons (Fsp3) is 0.435. The third-order valence-electron chi connectivity index (χ3n) is 5.30. The number of guanidine groups is 1. The molecule has 29 heavy (non-hydrogen) atoms. The van der Waals surface area contributed by atoms with Gasteiger partial charge >= 0.3 is 0 Å². The Morgan fingerprint density at radius 3 is 2.38 bits per heavy atom. The second-order valence-corrected chi connectivity index (χ2v) is 8.06. The zero-order chi connectivity index (χ0) is 20.5. The average Bonchev–Trinajstić information content (AvgIpc) is 2.73. The van der Waals surface area contributed by atoms with E-state index in [0.29, 0.717) is 0 Å². The summed E-state index contributed by atoms with van der Waals surface area (Å²) in [6.07, 6.45) is 0.905. The van der Waals surface area contributed by atoms with Crippen LogP contribution in [0.15, 0.2) is 53.5 Å². The third kappa shape index (κ3) is 7.35. The molecule has 0 atom stereocenters. The maximum atomic E-state index is 6.04. The first kappa shape index (κ1) is 21.6. The van der Waals surface area contributed by atoms with E-state index in [1.165, 1.54) is 16.7 Å². The molecule has 3 rings (SSSR count). The van der Waals surface area contributed by atoms with E-state index in [4.69, 9.17) is 11.6 Å². The maximum Gasteiger partial charge on any atom is 0.191 e. The Morgan fingerprint density at radius 2 is 1.69 bits per heavy atom. The van der Waals surface area contributed by atoms with E-state index >= 15 is 0 Å². The van der Waals surface area contributed by atoms with Gasteiger partial charge in [-0.15, -0.1) is 0 Å². The van der Waals surface area contributed by atoms with Gasteiger partial charge in [-0.3, -0.25) is 9.89 Å². The molecular formula is C23H32ClN5. The Balaban J connectivity index is 1.40. The van der Waals surface area contributed by atoms with Crippen LogP contribution in [-0.2, 0) is 19.5 Å². The average molecular weight is 414 g/mol. The van der Waals surface area contributed by atoms with Crippen molar-refractivity contribution in [3.05, 3.63) is 70.2 Å². The van der Waals surface area contributed by atoms with Crippen LogP contribution in [0.2, 0.25) is 5.02 Å². The first-order valence-corrected chi connectivity index (χ1v) is 10.7. The maximum absolute atomic E-state index is 6.04. The van der Waals surface area contributed by atoms with Gasteiger partial charge in [0.15, 0.2) is 5.96 Å². The second kappa shape index (κ2) is 11.2. The number of rotatable bonds is 7. The smallest absolute Gasteiger partial charge is 0.191 e. The zero-order valence-electron chi connectivity index (χ0n) is 17.5. The Hall–Kier alpha value is -2.08. The molecule has 156 valence electrons. The molecule has 0 spiro atoms. The minimum absolute atomic E-state index is 0.756. The predicted octanol–water partition coefficient (Wildman–Crippen LogP) is 3.00. The summed E-state index contributed by atoms with van der Waals surface area (Å²) in [7, 11) is 3.99. The van der Waals surface area contributed by atoms with Gasteiger partial charge in [0.2, 0.25) is 0 Å². The summed E-state index contributed by atoms with van der Waals surface area (Å²) in [5, 5.41) is 7.53. The summed E-state index contributed by atoms with van der Waals surface area (Å²) in [5.41, 5.74) is 3.85. The van der Waals surface area contributed by atoms with Crippen LogP contribution in [0.5, 0.6) is 0 Å². The highest BCUT2D eigenvalue weighted by Crippen LogP contribution is 2.11. The Kier molecular flexibility index (Phi) is 8.35. The Labute approximate surface area is 179 Å². The molecule has 2 aromatic carbocycles. The highest BCUT2D eigenvalue weighted by Gasteiger charge is 2.13. The summed E-state index contributed by atoms with van der Waals surface area (Å²) < 4.78 is 0. The lowest BCUT2D eigenvalue weighted by atomic mass is 10.1. The van der Waals surface area contributed by atoms with E-state index in [9.17, 15) is 0 Å². The zero-order valence-corrected chi connectivity index (χ0v) is 18.3. The largest absolute Gasteiger partial charge is 0.356 e. The van der Waals surface area contributed by atoms with Gasteiger partial charge in [0.1, 0.15) is 0 Å². The van der Waals surface area contributed by atoms with Crippen molar-refractivity contribution in [3.8, 4) is 0 Å². The van der Waals surface area contributed by atoms with Gasteiger partial charge in [0, 0.05) is 57.9 Å². The summed E-state index contributed by atoms with van der Waals surface area (Å²) in [6.45, 7) is 7.22. The van der Waals surface area contributed by atoms with E-state index in [0.717, 1.165) is 63.2 Å². The van der Waals surface area contributed by atoms with Gasteiger partial charge in [0.25, 0.3) is 0 Å². The van der Waals surface area contributed by atoms with Crippen LogP contribution in [0.3, 0.4) is 0 Å². The first-order chi connectivity index (χ1) is 14.1. The molecule has 6 heteroatoms. The lowest BCUT2D eigenvalue weighted by molar-refractivity contribution is 0.148. The van der Waals surface area contributed by atoms with Crippen molar-refractivity contribution in [1.82, 2.24) is 20.4 Å². The molecule has 1 fully saturated rings. The standard InChI is InChI=1S/C23H32ClN5/c1-25-23(26-11-10-19-4-3-5-22(24)16-19)27-17-20-6-8-21(9-7-20)18-29-14-12-28(2)13-15-29/h3-9,16H,10-15,17-18H2,1-2H3,(H2,25,26,27). The molecule has 0 unspecified atom stereocenters. The Bertz CT molecular complexity index is 782. The third-order valence-corrected chi connectivity index (χ3v) is 5.54. The molecule has 0 aromatic heterocycles. The molecule has 0 radical (unpaired) electrons. The van der Waals surface area contributed by atoms with Gasteiger partial charge in [-0.25, -0.2) is 0 Å². The molecule has 5 nitrogen and oxygen atoms in total. The Morgan fingerprint density at radius 1 is 0.966 bits per heavy atom. The molecule has 2 aromatic rings. The molecule has 1 aliphatic rings. The monoisotopic (exact) mass is 413 g/mol. The number of hydrogen-bond donors (Lipinski definition) is 2. The molecule has 1 aliphatic heterocycles. The van der Waals surface area contributed by atoms with E-state index in [-0.39, 0.29) is 0 Å². The fourth-order valence-corrected chi connectivity index (χ4v) is 3.66. The van der Waals surface area contributed by atoms with Crippen molar-refractivity contribution in [3.63, 3.8) is 0 Å². The number of nitrogens with one attached hydrogen (secondary N) is 2. The van der Waals surface area contributed by atoms with Crippen LogP contribution in [-0.4, -0.2) is 62.6 Å². The summed E-state index contributed by atoms with van der Waals surface area (Å²) >= 11 is 6.04. The van der Waals surface area contributed by atoms with Crippen LogP contribution in [0.25, 0.3) is 0 Å². The van der Waals surface area contributed by atoms with Crippen LogP contribution in [0.4, 0.5) is 0 Å². The van der Waals surface area contributed by atoms with Crippen LogP contribution < -0.4 is 10.6 Å². The first-order valence-electron chi connectivity index (χ1n) is 10.3. The molecule has 1 saturated heterocycles. The second-order valence-electron chi connectivity index (χ2n) is 7.63. The van der Waals surface area contributed by atoms with Gasteiger partial charge in [0.05, 0.1) is 0 Å². The lowest BCUT2D eigenvalue weighted by Gasteiger charge is -2.32. The van der Waals surface area contributed by atoms with Crippen molar-refractivity contribution in [2.24, 2.45) is 4.99 Å². The van der Waals surface area contributed by atoms with E-state index in [1.54, 1.807) is 7.05 Å². The lowest BCUT2D eigenvalue weighted by Crippen LogP contribution is -2.43. The van der Waals surface area contributed by atoms with E-state index in [2.05, 4.69) is 62.8 Å². The summed E-state index contributed by atoms with van der Waals surface area (Å²) in [4.78, 5) is 9.23. The topological polar surface area (TPSA) is 42.9 Å². The van der Waals surface area contributed by atoms with Crippen molar-refractivity contribution in [1.29, 1.82) is 0 Å². The van der Waals surface area contributed by atoms with Crippen LogP contribution in [0.1, 0.15) is 16.7 Å². The van der Waals surface area contributed by atoms with Gasteiger partial charge < -0.3 is 15.5 Å². The number of piperazine rings is 1. The number of nitrogens with zero attached hydrogens (tertiary/aromatic N) is 3. The number of likely N-dealkylation sites (N-methyl/N-ethyl adjacent to an activating group) is 1. The molecule has 0 bridgehead atoms. The quantitative estimate of drug-likeness (QED) is 0.541. The van der Waals surface area contributed by atoms with E-state index < -0.39 is 0 Å². The molecule has 0 amide bonds. The van der Waals surface area contributed by atoms with Crippen molar-refractivity contribution in [2.45, 2.75) is 19.5 Å². The number of aliphatic imine (C=N–C) groups is 1. The van der Waals surface area contributed by atoms with Crippen molar-refractivity contribution in [2.75, 3.05) is 46.8 Å². The predicted molar refractivity (Wildman–Crippen MR) is 123 cm³/mol. The number of halogens is 1. The molecule has 0 aliphatic carbocycles. The van der Waals surface area contributed by atoms with Crippen molar-refractivity contribution >= 4 is 17.6 Å². The van der Waals surface area contributed by atoms with Crippen LogP contribution >= 0.6 is 11.6 Å². The van der Waals surface area contributed by atoms with Gasteiger partial charge in [-0.05, 0) is 42.3 Å². The summed E-state index contributed by atoms with van der Waals surface area (Å²) in [6, 6.07) is 16.9. The van der Waals surface area contributed by atoms with E-state index in [1.807, 2.05) is 18.2 Å². The number of benzene rings is 2. The summed E-state index contributed by atoms with van der Waals surface area (Å²) in [5.74, 6) is 0.813. The molecule has 0 saturated carbocycles. The molecular weight excluding hydrogens is 382 g/mol. The molecule has 1 heterocycles. The van der Waals surface area contributed by atoms with Gasteiger partial charge in [-0.1, -0.05) is 48.0 Å². The SMILES string of the molecule is CN=C(NCCc1cccc(Cl)c1)NCc1ccc(CN2CCN(C)CC2)cc1. The minimum atomic E-state index is 0.756. The normalized spacial score (nSPS) is 16.0. The number of hydrogen-bond acceptors (Lipinski definition) is 3. The highest BCUT2D eigenvalue weighted by molar-refractivity contribution is 6.30. The van der Waals surface area contributed by atoms with Crippen LogP contribution in [0, 0.1) is 0 Å². The van der Waals surface area contributed by atoms with Crippen molar-refractivity contribution < 1.29 is 0 Å². The highest BCUT2D eigenvalue weighted by atomic mass is 35.5. The van der Waals surface area contributed by atoms with Gasteiger partial charge in [-0.2, -0.15) is 0 Å². The minimum Gasteiger partial charge on any atom is -0.356 e. The molecule has 2 N–H and O–H groups in total.